The second-order valence-corrected chi connectivity index (χ2v) is 4.84. The van der Waals surface area contributed by atoms with Gasteiger partial charge in [-0.25, -0.2) is 15.0 Å². The van der Waals surface area contributed by atoms with Gasteiger partial charge in [-0.15, -0.1) is 0 Å². The van der Waals surface area contributed by atoms with Crippen LogP contribution < -0.4 is 5.32 Å². The van der Waals surface area contributed by atoms with Crippen LogP contribution in [0.3, 0.4) is 0 Å². The van der Waals surface area contributed by atoms with Crippen LogP contribution in [-0.4, -0.2) is 26.6 Å². The first kappa shape index (κ1) is 13.5. The van der Waals surface area contributed by atoms with Crippen molar-refractivity contribution in [3.05, 3.63) is 30.1 Å². The number of aryl methyl sites for hydroxylation is 1. The topological polar surface area (TPSA) is 55.6 Å². The minimum absolute atomic E-state index is 0.296. The molecule has 0 amide bonds. The number of imidazole rings is 1. The lowest BCUT2D eigenvalue weighted by Crippen LogP contribution is -2.08. The second kappa shape index (κ2) is 5.82. The molecule has 19 heavy (non-hydrogen) atoms. The average molecular weight is 259 g/mol. The Bertz CT molecular complexity index is 545. The van der Waals surface area contributed by atoms with E-state index in [-0.39, 0.29) is 0 Å². The zero-order chi connectivity index (χ0) is 13.8. The molecule has 1 N–H and O–H groups in total. The van der Waals surface area contributed by atoms with Crippen LogP contribution in [0.15, 0.2) is 18.5 Å². The van der Waals surface area contributed by atoms with E-state index in [1.54, 1.807) is 0 Å². The van der Waals surface area contributed by atoms with Crippen LogP contribution in [-0.2, 0) is 6.42 Å². The summed E-state index contributed by atoms with van der Waals surface area (Å²) in [6.07, 6.45) is 5.79. The molecule has 5 heteroatoms. The van der Waals surface area contributed by atoms with Crippen LogP contribution in [0.1, 0.15) is 44.8 Å². The number of nitrogens with one attached hydrogen (secondary N) is 1. The molecule has 2 aromatic rings. The third-order valence-electron chi connectivity index (χ3n) is 2.94. The largest absolute Gasteiger partial charge is 0.373 e. The van der Waals surface area contributed by atoms with Gasteiger partial charge in [0.2, 0.25) is 0 Å². The van der Waals surface area contributed by atoms with Crippen LogP contribution in [0.4, 0.5) is 5.82 Å². The zero-order valence-corrected chi connectivity index (χ0v) is 12.0. The van der Waals surface area contributed by atoms with E-state index in [0.29, 0.717) is 5.92 Å². The van der Waals surface area contributed by atoms with Gasteiger partial charge in [0.15, 0.2) is 0 Å². The fourth-order valence-corrected chi connectivity index (χ4v) is 1.91. The molecule has 0 aliphatic rings. The van der Waals surface area contributed by atoms with E-state index in [1.165, 1.54) is 0 Å². The summed E-state index contributed by atoms with van der Waals surface area (Å²) < 4.78 is 2.04. The van der Waals surface area contributed by atoms with E-state index >= 15 is 0 Å². The average Bonchev–Trinajstić information content (AvgIpc) is 2.87. The highest BCUT2D eigenvalue weighted by atomic mass is 15.1. The summed E-state index contributed by atoms with van der Waals surface area (Å²) >= 11 is 0. The maximum Gasteiger partial charge on any atom is 0.143 e. The van der Waals surface area contributed by atoms with Gasteiger partial charge in [0.05, 0.1) is 0 Å². The Morgan fingerprint density at radius 3 is 2.74 bits per heavy atom. The van der Waals surface area contributed by atoms with Gasteiger partial charge in [-0.1, -0.05) is 20.8 Å². The summed E-state index contributed by atoms with van der Waals surface area (Å²) in [5.74, 6) is 3.90. The van der Waals surface area contributed by atoms with Gasteiger partial charge in [0, 0.05) is 37.8 Å². The van der Waals surface area contributed by atoms with Crippen molar-refractivity contribution < 1.29 is 0 Å². The second-order valence-electron chi connectivity index (χ2n) is 4.84. The van der Waals surface area contributed by atoms with E-state index in [9.17, 15) is 0 Å². The summed E-state index contributed by atoms with van der Waals surface area (Å²) in [6, 6.07) is 1.95. The molecular weight excluding hydrogens is 238 g/mol. The summed E-state index contributed by atoms with van der Waals surface area (Å²) in [7, 11) is 1.87. The molecule has 0 spiro atoms. The van der Waals surface area contributed by atoms with Crippen molar-refractivity contribution in [2.75, 3.05) is 12.4 Å². The van der Waals surface area contributed by atoms with Gasteiger partial charge in [-0.2, -0.15) is 0 Å². The Morgan fingerprint density at radius 1 is 1.32 bits per heavy atom. The molecular formula is C14H21N5. The molecule has 0 aliphatic heterocycles. The smallest absolute Gasteiger partial charge is 0.143 e. The number of anilines is 1. The fraction of sp³-hybridized carbons (Fsp3) is 0.500. The molecule has 0 radical (unpaired) electrons. The predicted octanol–water partition coefficient (Wildman–Crippen LogP) is 2.78. The van der Waals surface area contributed by atoms with E-state index in [0.717, 1.165) is 36.1 Å². The number of nitrogens with zero attached hydrogens (tertiary/aromatic N) is 4. The van der Waals surface area contributed by atoms with Crippen LogP contribution in [0, 0.1) is 0 Å². The van der Waals surface area contributed by atoms with Crippen LogP contribution in [0.2, 0.25) is 0 Å². The highest BCUT2D eigenvalue weighted by molar-refractivity contribution is 5.42. The highest BCUT2D eigenvalue weighted by Gasteiger charge is 2.11. The molecule has 0 unspecified atom stereocenters. The van der Waals surface area contributed by atoms with Gasteiger partial charge in [-0.05, 0) is 6.42 Å². The molecule has 0 saturated carbocycles. The third kappa shape index (κ3) is 2.92. The van der Waals surface area contributed by atoms with E-state index in [2.05, 4.69) is 41.0 Å². The first-order valence-corrected chi connectivity index (χ1v) is 6.75. The summed E-state index contributed by atoms with van der Waals surface area (Å²) in [6.45, 7) is 6.34. The Hall–Kier alpha value is -1.91. The Labute approximate surface area is 114 Å². The number of hydrogen-bond donors (Lipinski definition) is 1. The number of rotatable bonds is 5. The fourth-order valence-electron chi connectivity index (χ4n) is 1.91. The first-order valence-electron chi connectivity index (χ1n) is 6.75. The molecule has 0 fully saturated rings. The van der Waals surface area contributed by atoms with Gasteiger partial charge < -0.3 is 5.32 Å². The number of aromatic nitrogens is 4. The molecule has 2 rings (SSSR count). The molecule has 0 atom stereocenters. The van der Waals surface area contributed by atoms with Crippen LogP contribution >= 0.6 is 0 Å². The molecule has 5 nitrogen and oxygen atoms in total. The van der Waals surface area contributed by atoms with Crippen molar-refractivity contribution in [2.24, 2.45) is 0 Å². The molecule has 0 bridgehead atoms. The van der Waals surface area contributed by atoms with E-state index < -0.39 is 0 Å². The van der Waals surface area contributed by atoms with E-state index in [1.807, 2.05) is 30.1 Å². The van der Waals surface area contributed by atoms with E-state index in [4.69, 9.17) is 0 Å². The lowest BCUT2D eigenvalue weighted by molar-refractivity contribution is 0.747. The highest BCUT2D eigenvalue weighted by Crippen LogP contribution is 2.17. The van der Waals surface area contributed by atoms with Crippen molar-refractivity contribution >= 4 is 5.82 Å². The SMILES string of the molecule is CCCc1nccn1-c1cc(NC)nc(C(C)C)n1. The van der Waals surface area contributed by atoms with Crippen molar-refractivity contribution in [2.45, 2.75) is 39.5 Å². The molecule has 0 aliphatic carbocycles. The molecule has 102 valence electrons. The van der Waals surface area contributed by atoms with Gasteiger partial charge in [-0.3, -0.25) is 4.57 Å². The van der Waals surface area contributed by atoms with Crippen molar-refractivity contribution in [1.29, 1.82) is 0 Å². The van der Waals surface area contributed by atoms with Crippen molar-refractivity contribution in [3.8, 4) is 5.82 Å². The summed E-state index contributed by atoms with van der Waals surface area (Å²) in [5, 5.41) is 3.09. The third-order valence-corrected chi connectivity index (χ3v) is 2.94. The summed E-state index contributed by atoms with van der Waals surface area (Å²) in [4.78, 5) is 13.5. The van der Waals surface area contributed by atoms with Crippen molar-refractivity contribution in [1.82, 2.24) is 19.5 Å². The minimum atomic E-state index is 0.296. The maximum absolute atomic E-state index is 4.64. The Balaban J connectivity index is 2.48. The van der Waals surface area contributed by atoms with Gasteiger partial charge in [0.1, 0.15) is 23.3 Å². The minimum Gasteiger partial charge on any atom is -0.373 e. The molecule has 2 heterocycles. The lowest BCUT2D eigenvalue weighted by Gasteiger charge is -2.12. The Morgan fingerprint density at radius 2 is 2.11 bits per heavy atom. The quantitative estimate of drug-likeness (QED) is 0.897. The van der Waals surface area contributed by atoms with Crippen LogP contribution in [0.25, 0.3) is 5.82 Å². The molecule has 0 aromatic carbocycles. The lowest BCUT2D eigenvalue weighted by atomic mass is 10.2. The summed E-state index contributed by atoms with van der Waals surface area (Å²) in [5.41, 5.74) is 0. The zero-order valence-electron chi connectivity index (χ0n) is 12.0. The van der Waals surface area contributed by atoms with Crippen molar-refractivity contribution in [3.63, 3.8) is 0 Å². The van der Waals surface area contributed by atoms with Gasteiger partial charge >= 0.3 is 0 Å². The number of hydrogen-bond acceptors (Lipinski definition) is 4. The maximum atomic E-state index is 4.64. The van der Waals surface area contributed by atoms with Crippen LogP contribution in [0.5, 0.6) is 0 Å². The van der Waals surface area contributed by atoms with Gasteiger partial charge in [0.25, 0.3) is 0 Å². The Kier molecular flexibility index (Phi) is 4.14. The first-order chi connectivity index (χ1) is 9.15. The standard InChI is InChI=1S/C14H21N5/c1-5-6-12-16-7-8-19(12)13-9-11(15-4)17-14(18-13)10(2)3/h7-10H,5-6H2,1-4H3,(H,15,17,18). The predicted molar refractivity (Wildman–Crippen MR) is 76.8 cm³/mol. The normalized spacial score (nSPS) is 11.0. The molecule has 2 aromatic heterocycles. The molecule has 0 saturated heterocycles. The monoisotopic (exact) mass is 259 g/mol.